The number of aromatic nitrogens is 2. The van der Waals surface area contributed by atoms with E-state index in [1.54, 1.807) is 6.20 Å². The highest BCUT2D eigenvalue weighted by molar-refractivity contribution is 5.94. The van der Waals surface area contributed by atoms with Gasteiger partial charge in [-0.3, -0.25) is 9.78 Å². The van der Waals surface area contributed by atoms with Crippen LogP contribution in [0, 0.1) is 6.92 Å². The number of carbonyl (C=O) groups excluding carboxylic acids is 1. The molecule has 0 saturated heterocycles. The first kappa shape index (κ1) is 17.2. The number of anilines is 1. The van der Waals surface area contributed by atoms with Crippen molar-refractivity contribution in [3.8, 4) is 0 Å². The number of aryl methyl sites for hydroxylation is 2. The fourth-order valence-corrected chi connectivity index (χ4v) is 2.96. The van der Waals surface area contributed by atoms with Gasteiger partial charge in [0.25, 0.3) is 0 Å². The van der Waals surface area contributed by atoms with Gasteiger partial charge in [0.1, 0.15) is 0 Å². The van der Waals surface area contributed by atoms with Gasteiger partial charge in [0, 0.05) is 61.2 Å². The lowest BCUT2D eigenvalue weighted by Crippen LogP contribution is -2.24. The monoisotopic (exact) mass is 336 g/mol. The Morgan fingerprint density at radius 2 is 2.12 bits per heavy atom. The Hall–Kier alpha value is -2.66. The Morgan fingerprint density at radius 3 is 2.88 bits per heavy atom. The van der Waals surface area contributed by atoms with Gasteiger partial charge in [-0.15, -0.1) is 0 Å². The molecule has 0 saturated carbocycles. The van der Waals surface area contributed by atoms with E-state index < -0.39 is 0 Å². The molecule has 5 nitrogen and oxygen atoms in total. The molecule has 2 aromatic heterocycles. The minimum Gasteiger partial charge on any atom is -0.348 e. The molecule has 0 aliphatic heterocycles. The molecule has 0 spiro atoms. The average molecular weight is 336 g/mol. The van der Waals surface area contributed by atoms with Gasteiger partial charge in [-0.25, -0.2) is 0 Å². The molecule has 1 N–H and O–H groups in total. The van der Waals surface area contributed by atoms with Crippen molar-refractivity contribution in [1.29, 1.82) is 0 Å². The van der Waals surface area contributed by atoms with Gasteiger partial charge >= 0.3 is 0 Å². The molecule has 0 aliphatic rings. The Kier molecular flexibility index (Phi) is 5.14. The first-order valence-electron chi connectivity index (χ1n) is 8.46. The largest absolute Gasteiger partial charge is 0.348 e. The van der Waals surface area contributed by atoms with Gasteiger partial charge in [0.15, 0.2) is 0 Å². The van der Waals surface area contributed by atoms with Crippen LogP contribution in [0.2, 0.25) is 0 Å². The summed E-state index contributed by atoms with van der Waals surface area (Å²) in [5.41, 5.74) is 4.37. The summed E-state index contributed by atoms with van der Waals surface area (Å²) < 4.78 is 2.15. The number of pyridine rings is 1. The molecule has 130 valence electrons. The van der Waals surface area contributed by atoms with Gasteiger partial charge in [-0.2, -0.15) is 0 Å². The zero-order valence-electron chi connectivity index (χ0n) is 15.0. The zero-order valence-corrected chi connectivity index (χ0v) is 15.0. The van der Waals surface area contributed by atoms with E-state index in [-0.39, 0.29) is 5.91 Å². The molecule has 0 atom stereocenters. The summed E-state index contributed by atoms with van der Waals surface area (Å²) in [5, 5.41) is 4.14. The van der Waals surface area contributed by atoms with Crippen molar-refractivity contribution in [1.82, 2.24) is 14.5 Å². The van der Waals surface area contributed by atoms with Crippen molar-refractivity contribution in [2.75, 3.05) is 18.9 Å². The van der Waals surface area contributed by atoms with Gasteiger partial charge in [-0.05, 0) is 49.9 Å². The third kappa shape index (κ3) is 4.25. The lowest BCUT2D eigenvalue weighted by molar-refractivity contribution is -0.116. The number of carbonyl (C=O) groups is 1. The number of nitrogens with one attached hydrogen (secondary N) is 1. The van der Waals surface area contributed by atoms with Crippen molar-refractivity contribution in [3.05, 3.63) is 60.0 Å². The van der Waals surface area contributed by atoms with Gasteiger partial charge in [0.05, 0.1) is 0 Å². The lowest BCUT2D eigenvalue weighted by Gasteiger charge is -2.16. The summed E-state index contributed by atoms with van der Waals surface area (Å²) in [6.07, 6.45) is 4.08. The van der Waals surface area contributed by atoms with Gasteiger partial charge in [-0.1, -0.05) is 6.07 Å². The van der Waals surface area contributed by atoms with Crippen molar-refractivity contribution in [2.45, 2.75) is 19.9 Å². The number of rotatable bonds is 6. The second-order valence-electron chi connectivity index (χ2n) is 6.52. The molecule has 2 heterocycles. The molecule has 25 heavy (non-hydrogen) atoms. The van der Waals surface area contributed by atoms with Crippen LogP contribution in [0.1, 0.15) is 17.7 Å². The summed E-state index contributed by atoms with van der Waals surface area (Å²) in [7, 11) is 4.06. The van der Waals surface area contributed by atoms with Crippen LogP contribution in [0.15, 0.2) is 48.8 Å². The van der Waals surface area contributed by atoms with Crippen LogP contribution in [0.5, 0.6) is 0 Å². The van der Waals surface area contributed by atoms with Crippen molar-refractivity contribution in [2.24, 2.45) is 7.05 Å². The standard InChI is InChI=1S/C20H24N4O/c1-15-11-17-12-18(6-7-19(17)24(15)3)22-20(25)8-10-23(2)14-16-5-4-9-21-13-16/h4-7,9,11-13H,8,10,14H2,1-3H3,(H,22,25). The highest BCUT2D eigenvalue weighted by atomic mass is 16.1. The Labute approximate surface area is 148 Å². The number of fused-ring (bicyclic) bond motifs is 1. The number of hydrogen-bond donors (Lipinski definition) is 1. The number of hydrogen-bond acceptors (Lipinski definition) is 3. The van der Waals surface area contributed by atoms with Crippen LogP contribution >= 0.6 is 0 Å². The summed E-state index contributed by atoms with van der Waals surface area (Å²) in [6.45, 7) is 3.57. The lowest BCUT2D eigenvalue weighted by atomic mass is 10.2. The first-order chi connectivity index (χ1) is 12.0. The molecule has 3 rings (SSSR count). The van der Waals surface area contributed by atoms with E-state index in [1.807, 2.05) is 50.6 Å². The first-order valence-corrected chi connectivity index (χ1v) is 8.46. The van der Waals surface area contributed by atoms with Crippen LogP contribution in [-0.2, 0) is 18.4 Å². The average Bonchev–Trinajstić information content (AvgIpc) is 2.88. The summed E-state index contributed by atoms with van der Waals surface area (Å²) >= 11 is 0. The molecule has 0 unspecified atom stereocenters. The second-order valence-corrected chi connectivity index (χ2v) is 6.52. The van der Waals surface area contributed by atoms with E-state index in [1.165, 1.54) is 11.2 Å². The van der Waals surface area contributed by atoms with Crippen LogP contribution in [0.4, 0.5) is 5.69 Å². The van der Waals surface area contributed by atoms with Crippen molar-refractivity contribution in [3.63, 3.8) is 0 Å². The minimum atomic E-state index is 0.0324. The molecule has 0 fully saturated rings. The maximum absolute atomic E-state index is 12.2. The molecule has 3 aromatic rings. The van der Waals surface area contributed by atoms with Crippen LogP contribution < -0.4 is 5.32 Å². The quantitative estimate of drug-likeness (QED) is 0.751. The number of nitrogens with zero attached hydrogens (tertiary/aromatic N) is 3. The maximum atomic E-state index is 12.2. The van der Waals surface area contributed by atoms with E-state index in [0.717, 1.165) is 23.2 Å². The predicted molar refractivity (Wildman–Crippen MR) is 101 cm³/mol. The SMILES string of the molecule is Cc1cc2cc(NC(=O)CCN(C)Cc3cccnc3)ccc2n1C. The van der Waals surface area contributed by atoms with E-state index >= 15 is 0 Å². The third-order valence-electron chi connectivity index (χ3n) is 4.46. The molecular formula is C20H24N4O. The fourth-order valence-electron chi connectivity index (χ4n) is 2.96. The molecule has 1 aromatic carbocycles. The summed E-state index contributed by atoms with van der Waals surface area (Å²) in [6, 6.07) is 12.1. The molecule has 0 aliphatic carbocycles. The number of benzene rings is 1. The van der Waals surface area contributed by atoms with Crippen LogP contribution in [-0.4, -0.2) is 34.0 Å². The smallest absolute Gasteiger partial charge is 0.225 e. The summed E-state index contributed by atoms with van der Waals surface area (Å²) in [4.78, 5) is 18.5. The Balaban J connectivity index is 1.54. The van der Waals surface area contributed by atoms with E-state index in [2.05, 4.69) is 32.8 Å². The van der Waals surface area contributed by atoms with E-state index in [4.69, 9.17) is 0 Å². The maximum Gasteiger partial charge on any atom is 0.225 e. The fraction of sp³-hybridized carbons (Fsp3) is 0.300. The van der Waals surface area contributed by atoms with Crippen LogP contribution in [0.3, 0.4) is 0 Å². The zero-order chi connectivity index (χ0) is 17.8. The number of amides is 1. The van der Waals surface area contributed by atoms with Crippen molar-refractivity contribution < 1.29 is 4.79 Å². The highest BCUT2D eigenvalue weighted by Crippen LogP contribution is 2.22. The molecule has 1 amide bonds. The normalized spacial score (nSPS) is 11.2. The van der Waals surface area contributed by atoms with Gasteiger partial charge in [0.2, 0.25) is 5.91 Å². The van der Waals surface area contributed by atoms with Crippen LogP contribution in [0.25, 0.3) is 10.9 Å². The second kappa shape index (κ2) is 7.49. The minimum absolute atomic E-state index is 0.0324. The van der Waals surface area contributed by atoms with E-state index in [0.29, 0.717) is 13.0 Å². The predicted octanol–water partition coefficient (Wildman–Crippen LogP) is 3.34. The summed E-state index contributed by atoms with van der Waals surface area (Å²) in [5.74, 6) is 0.0324. The third-order valence-corrected chi connectivity index (χ3v) is 4.46. The molecule has 0 radical (unpaired) electrons. The highest BCUT2D eigenvalue weighted by Gasteiger charge is 2.08. The van der Waals surface area contributed by atoms with E-state index in [9.17, 15) is 4.79 Å². The molecule has 0 bridgehead atoms. The Bertz CT molecular complexity index is 870. The van der Waals surface area contributed by atoms with Gasteiger partial charge < -0.3 is 14.8 Å². The van der Waals surface area contributed by atoms with Crippen molar-refractivity contribution >= 4 is 22.5 Å². The molecule has 5 heteroatoms. The molecular weight excluding hydrogens is 312 g/mol. The Morgan fingerprint density at radius 1 is 1.28 bits per heavy atom. The topological polar surface area (TPSA) is 50.2 Å².